The second kappa shape index (κ2) is 3.53. The van der Waals surface area contributed by atoms with Gasteiger partial charge in [-0.25, -0.2) is 0 Å². The van der Waals surface area contributed by atoms with Gasteiger partial charge in [-0.1, -0.05) is 15.9 Å². The molecule has 0 amide bonds. The maximum Gasteiger partial charge on any atom is 0.286 e. The molecule has 0 aromatic heterocycles. The van der Waals surface area contributed by atoms with Crippen molar-refractivity contribution < 1.29 is 4.92 Å². The minimum Gasteiger partial charge on any atom is -0.258 e. The van der Waals surface area contributed by atoms with Crippen molar-refractivity contribution in [2.75, 3.05) is 0 Å². The van der Waals surface area contributed by atoms with Crippen molar-refractivity contribution in [2.45, 2.75) is 6.92 Å². The lowest BCUT2D eigenvalue weighted by molar-refractivity contribution is -0.386. The summed E-state index contributed by atoms with van der Waals surface area (Å²) in [7, 11) is 0. The summed E-state index contributed by atoms with van der Waals surface area (Å²) in [4.78, 5) is 10.1. The van der Waals surface area contributed by atoms with E-state index in [0.717, 1.165) is 4.47 Å². The van der Waals surface area contributed by atoms with E-state index < -0.39 is 4.92 Å². The van der Waals surface area contributed by atoms with E-state index in [1.807, 2.05) is 0 Å². The molecule has 1 rings (SSSR count). The van der Waals surface area contributed by atoms with E-state index in [-0.39, 0.29) is 5.69 Å². The number of nitro groups is 1. The first-order valence-corrected chi connectivity index (χ1v) is 4.71. The third kappa shape index (κ3) is 1.84. The van der Waals surface area contributed by atoms with Gasteiger partial charge in [0.2, 0.25) is 0 Å². The minimum atomic E-state index is -0.397. The van der Waals surface area contributed by atoms with Crippen LogP contribution in [0.3, 0.4) is 0 Å². The lowest BCUT2D eigenvalue weighted by Gasteiger charge is -1.99. The molecule has 1 aromatic rings. The summed E-state index contributed by atoms with van der Waals surface area (Å²) in [5.41, 5.74) is 0.763. The van der Waals surface area contributed by atoms with E-state index in [0.29, 0.717) is 10.0 Å². The molecule has 0 saturated heterocycles. The lowest BCUT2D eigenvalue weighted by Crippen LogP contribution is -1.92. The largest absolute Gasteiger partial charge is 0.286 e. The molecule has 0 atom stereocenters. The topological polar surface area (TPSA) is 43.1 Å². The van der Waals surface area contributed by atoms with Crippen LogP contribution in [0, 0.1) is 17.0 Å². The van der Waals surface area contributed by atoms with Gasteiger partial charge >= 0.3 is 0 Å². The summed E-state index contributed by atoms with van der Waals surface area (Å²) in [5, 5.41) is 10.5. The van der Waals surface area contributed by atoms with Crippen LogP contribution in [-0.4, -0.2) is 4.92 Å². The highest BCUT2D eigenvalue weighted by molar-refractivity contribution is 9.11. The first-order valence-electron chi connectivity index (χ1n) is 3.12. The normalized spacial score (nSPS) is 9.92. The fourth-order valence-electron chi connectivity index (χ4n) is 0.926. The van der Waals surface area contributed by atoms with Gasteiger partial charge < -0.3 is 0 Å². The first-order chi connectivity index (χ1) is 5.52. The van der Waals surface area contributed by atoms with E-state index in [1.165, 1.54) is 0 Å². The molecule has 0 saturated carbocycles. The third-order valence-corrected chi connectivity index (χ3v) is 2.46. The average molecular weight is 295 g/mol. The van der Waals surface area contributed by atoms with Gasteiger partial charge in [0.05, 0.1) is 9.40 Å². The number of hydrogen-bond acceptors (Lipinski definition) is 2. The minimum absolute atomic E-state index is 0.123. The molecule has 0 aliphatic rings. The zero-order chi connectivity index (χ0) is 9.30. The highest BCUT2D eigenvalue weighted by atomic mass is 79.9. The van der Waals surface area contributed by atoms with E-state index >= 15 is 0 Å². The molecular weight excluding hydrogens is 290 g/mol. The number of hydrogen-bond donors (Lipinski definition) is 0. The summed E-state index contributed by atoms with van der Waals surface area (Å²) in [6.07, 6.45) is 0. The number of aryl methyl sites for hydroxylation is 1. The van der Waals surface area contributed by atoms with Crippen molar-refractivity contribution in [2.24, 2.45) is 0 Å². The molecule has 5 heteroatoms. The van der Waals surface area contributed by atoms with Crippen molar-refractivity contribution in [1.29, 1.82) is 0 Å². The highest BCUT2D eigenvalue weighted by Gasteiger charge is 2.15. The molecule has 64 valence electrons. The van der Waals surface area contributed by atoms with Gasteiger partial charge in [-0.2, -0.15) is 0 Å². The molecule has 0 aliphatic carbocycles. The Kier molecular flexibility index (Phi) is 2.85. The summed E-state index contributed by atoms with van der Waals surface area (Å²) in [6.45, 7) is 1.70. The van der Waals surface area contributed by atoms with E-state index in [4.69, 9.17) is 0 Å². The van der Waals surface area contributed by atoms with Gasteiger partial charge in [-0.3, -0.25) is 10.1 Å². The Morgan fingerprint density at radius 3 is 2.42 bits per heavy atom. The quantitative estimate of drug-likeness (QED) is 0.588. The molecule has 0 radical (unpaired) electrons. The zero-order valence-electron chi connectivity index (χ0n) is 6.17. The molecule has 1 aromatic carbocycles. The third-order valence-electron chi connectivity index (χ3n) is 1.40. The summed E-state index contributed by atoms with van der Waals surface area (Å²) in [6, 6.07) is 3.37. The van der Waals surface area contributed by atoms with Crippen LogP contribution in [0.1, 0.15) is 5.56 Å². The molecule has 0 heterocycles. The van der Waals surface area contributed by atoms with Crippen molar-refractivity contribution >= 4 is 37.5 Å². The van der Waals surface area contributed by atoms with Crippen LogP contribution in [-0.2, 0) is 0 Å². The lowest BCUT2D eigenvalue weighted by atomic mass is 10.2. The monoisotopic (exact) mass is 293 g/mol. The fraction of sp³-hybridized carbons (Fsp3) is 0.143. The second-order valence-electron chi connectivity index (χ2n) is 2.31. The summed E-state index contributed by atoms with van der Waals surface area (Å²) in [5.74, 6) is 0. The standard InChI is InChI=1S/C7H5Br2NO2/c1-4-2-5(8)3-6(9)7(4)10(11)12/h2-3H,1H3. The Morgan fingerprint density at radius 1 is 1.42 bits per heavy atom. The van der Waals surface area contributed by atoms with Gasteiger partial charge in [0.25, 0.3) is 5.69 Å². The predicted octanol–water partition coefficient (Wildman–Crippen LogP) is 3.43. The van der Waals surface area contributed by atoms with Crippen molar-refractivity contribution in [1.82, 2.24) is 0 Å². The van der Waals surface area contributed by atoms with Gasteiger partial charge in [0.15, 0.2) is 0 Å². The Hall–Kier alpha value is -0.420. The molecule has 0 N–H and O–H groups in total. The van der Waals surface area contributed by atoms with Crippen LogP contribution in [0.5, 0.6) is 0 Å². The fourth-order valence-corrected chi connectivity index (χ4v) is 2.51. The van der Waals surface area contributed by atoms with Crippen LogP contribution in [0.25, 0.3) is 0 Å². The molecule has 3 nitrogen and oxygen atoms in total. The second-order valence-corrected chi connectivity index (χ2v) is 4.08. The van der Waals surface area contributed by atoms with E-state index in [1.54, 1.807) is 19.1 Å². The SMILES string of the molecule is Cc1cc(Br)cc(Br)c1[N+](=O)[O-]. The Bertz CT molecular complexity index is 315. The highest BCUT2D eigenvalue weighted by Crippen LogP contribution is 2.31. The van der Waals surface area contributed by atoms with Crippen LogP contribution >= 0.6 is 31.9 Å². The number of nitro benzene ring substituents is 1. The Morgan fingerprint density at radius 2 is 2.00 bits per heavy atom. The predicted molar refractivity (Wildman–Crippen MR) is 53.2 cm³/mol. The molecule has 0 bridgehead atoms. The molecule has 0 fully saturated rings. The smallest absolute Gasteiger partial charge is 0.258 e. The van der Waals surface area contributed by atoms with Gasteiger partial charge in [0, 0.05) is 10.0 Å². The van der Waals surface area contributed by atoms with E-state index in [2.05, 4.69) is 31.9 Å². The van der Waals surface area contributed by atoms with Crippen LogP contribution < -0.4 is 0 Å². The molecular formula is C7H5Br2NO2. The molecule has 0 aliphatic heterocycles. The van der Waals surface area contributed by atoms with Gasteiger partial charge in [-0.15, -0.1) is 0 Å². The summed E-state index contributed by atoms with van der Waals surface area (Å²) < 4.78 is 1.33. The maximum atomic E-state index is 10.5. The number of benzene rings is 1. The molecule has 0 spiro atoms. The zero-order valence-corrected chi connectivity index (χ0v) is 9.35. The average Bonchev–Trinajstić information content (AvgIpc) is 1.82. The van der Waals surface area contributed by atoms with Crippen molar-refractivity contribution in [3.05, 3.63) is 36.8 Å². The van der Waals surface area contributed by atoms with Crippen LogP contribution in [0.15, 0.2) is 21.1 Å². The number of halogens is 2. The van der Waals surface area contributed by atoms with Crippen molar-refractivity contribution in [3.8, 4) is 0 Å². The Labute approximate surface area is 86.2 Å². The summed E-state index contributed by atoms with van der Waals surface area (Å²) >= 11 is 6.37. The maximum absolute atomic E-state index is 10.5. The molecule has 12 heavy (non-hydrogen) atoms. The van der Waals surface area contributed by atoms with E-state index in [9.17, 15) is 10.1 Å². The van der Waals surface area contributed by atoms with Gasteiger partial charge in [-0.05, 0) is 35.0 Å². The first kappa shape index (κ1) is 9.67. The number of nitrogens with zero attached hydrogens (tertiary/aromatic N) is 1. The van der Waals surface area contributed by atoms with Crippen LogP contribution in [0.2, 0.25) is 0 Å². The Balaban J connectivity index is 3.38. The van der Waals surface area contributed by atoms with Crippen molar-refractivity contribution in [3.63, 3.8) is 0 Å². The van der Waals surface area contributed by atoms with Gasteiger partial charge in [0.1, 0.15) is 0 Å². The van der Waals surface area contributed by atoms with Crippen LogP contribution in [0.4, 0.5) is 5.69 Å². The number of rotatable bonds is 1. The molecule has 0 unspecified atom stereocenters.